The molecule has 0 amide bonds. The van der Waals surface area contributed by atoms with E-state index in [0.29, 0.717) is 18.4 Å². The summed E-state index contributed by atoms with van der Waals surface area (Å²) in [4.78, 5) is 2.40. The van der Waals surface area contributed by atoms with Crippen LogP contribution >= 0.6 is 15.9 Å². The van der Waals surface area contributed by atoms with Gasteiger partial charge in [0, 0.05) is 11.0 Å². The van der Waals surface area contributed by atoms with E-state index in [1.165, 1.54) is 35.1 Å². The summed E-state index contributed by atoms with van der Waals surface area (Å²) in [5.41, 5.74) is 8.49. The van der Waals surface area contributed by atoms with Crippen molar-refractivity contribution in [1.82, 2.24) is 4.90 Å². The third kappa shape index (κ3) is 2.90. The number of hydrogen-bond donors (Lipinski definition) is 1. The summed E-state index contributed by atoms with van der Waals surface area (Å²) in [6, 6.07) is 6.75. The van der Waals surface area contributed by atoms with Gasteiger partial charge in [-0.15, -0.1) is 0 Å². The van der Waals surface area contributed by atoms with Gasteiger partial charge < -0.3 is 10.6 Å². The molecule has 2 atom stereocenters. The van der Waals surface area contributed by atoms with Gasteiger partial charge in [0.25, 0.3) is 0 Å². The average molecular weight is 297 g/mol. The summed E-state index contributed by atoms with van der Waals surface area (Å²) in [5.74, 6) is 1.11. The molecular formula is C14H21BrN2. The highest BCUT2D eigenvalue weighted by Crippen LogP contribution is 2.33. The molecule has 0 bridgehead atoms. The van der Waals surface area contributed by atoms with Crippen molar-refractivity contribution in [1.29, 1.82) is 0 Å². The first-order valence-corrected chi connectivity index (χ1v) is 7.09. The number of hydrogen-bond acceptors (Lipinski definition) is 2. The molecule has 2 N–H and O–H groups in total. The zero-order chi connectivity index (χ0) is 12.4. The fraction of sp³-hybridized carbons (Fsp3) is 0.571. The smallest absolute Gasteiger partial charge is 0.0213 e. The molecule has 2 unspecified atom stereocenters. The molecule has 0 aromatic heterocycles. The van der Waals surface area contributed by atoms with Crippen LogP contribution in [0.1, 0.15) is 36.3 Å². The Kier molecular flexibility index (Phi) is 4.23. The first-order valence-electron chi connectivity index (χ1n) is 6.29. The van der Waals surface area contributed by atoms with Crippen molar-refractivity contribution in [2.75, 3.05) is 26.7 Å². The second-order valence-electron chi connectivity index (χ2n) is 5.17. The van der Waals surface area contributed by atoms with E-state index in [9.17, 15) is 0 Å². The highest BCUT2D eigenvalue weighted by atomic mass is 79.9. The number of nitrogens with two attached hydrogens (primary N) is 1. The van der Waals surface area contributed by atoms with E-state index >= 15 is 0 Å². The average Bonchev–Trinajstić information content (AvgIpc) is 2.74. The van der Waals surface area contributed by atoms with Crippen molar-refractivity contribution in [3.05, 3.63) is 33.8 Å². The quantitative estimate of drug-likeness (QED) is 0.929. The number of nitrogens with zero attached hydrogens (tertiary/aromatic N) is 1. The molecule has 1 saturated heterocycles. The Labute approximate surface area is 112 Å². The van der Waals surface area contributed by atoms with Crippen LogP contribution in [-0.4, -0.2) is 31.6 Å². The highest BCUT2D eigenvalue weighted by molar-refractivity contribution is 9.10. The third-order valence-corrected chi connectivity index (χ3v) is 4.47. The van der Waals surface area contributed by atoms with E-state index in [1.54, 1.807) is 0 Å². The predicted octanol–water partition coefficient (Wildman–Crippen LogP) is 2.93. The molecule has 1 aromatic carbocycles. The van der Waals surface area contributed by atoms with Crippen LogP contribution in [0.25, 0.3) is 0 Å². The molecule has 1 fully saturated rings. The molecule has 94 valence electrons. The number of likely N-dealkylation sites (N-methyl/N-ethyl adjacent to an activating group) is 1. The fourth-order valence-corrected chi connectivity index (χ4v) is 3.23. The van der Waals surface area contributed by atoms with Crippen LogP contribution in [0.5, 0.6) is 0 Å². The van der Waals surface area contributed by atoms with Gasteiger partial charge in [0.1, 0.15) is 0 Å². The topological polar surface area (TPSA) is 29.3 Å². The summed E-state index contributed by atoms with van der Waals surface area (Å²) in [7, 11) is 2.19. The standard InChI is InChI=1S/C14H21BrN2/c1-10(8-16)11-3-4-13(14(15)7-11)12-5-6-17(2)9-12/h3-4,7,10,12H,5-6,8-9,16H2,1-2H3. The molecule has 2 rings (SSSR count). The van der Waals surface area contributed by atoms with E-state index in [0.717, 1.165) is 0 Å². The predicted molar refractivity (Wildman–Crippen MR) is 76.5 cm³/mol. The van der Waals surface area contributed by atoms with Gasteiger partial charge >= 0.3 is 0 Å². The van der Waals surface area contributed by atoms with E-state index in [-0.39, 0.29) is 0 Å². The minimum Gasteiger partial charge on any atom is -0.330 e. The molecule has 0 aliphatic carbocycles. The Morgan fingerprint density at radius 2 is 2.29 bits per heavy atom. The van der Waals surface area contributed by atoms with Crippen LogP contribution < -0.4 is 5.73 Å². The van der Waals surface area contributed by atoms with Crippen molar-refractivity contribution in [3.8, 4) is 0 Å². The largest absolute Gasteiger partial charge is 0.330 e. The lowest BCUT2D eigenvalue weighted by molar-refractivity contribution is 0.411. The SMILES string of the molecule is CC(CN)c1ccc(C2CCN(C)C2)c(Br)c1. The van der Waals surface area contributed by atoms with Crippen LogP contribution in [0.4, 0.5) is 0 Å². The normalized spacial score (nSPS) is 22.9. The van der Waals surface area contributed by atoms with Gasteiger partial charge in [-0.1, -0.05) is 35.0 Å². The summed E-state index contributed by atoms with van der Waals surface area (Å²) >= 11 is 3.72. The van der Waals surface area contributed by atoms with Gasteiger partial charge in [0.2, 0.25) is 0 Å². The van der Waals surface area contributed by atoms with E-state index in [4.69, 9.17) is 5.73 Å². The Bertz CT molecular complexity index is 392. The second-order valence-corrected chi connectivity index (χ2v) is 6.02. The number of benzene rings is 1. The van der Waals surface area contributed by atoms with Crippen molar-refractivity contribution >= 4 is 15.9 Å². The first kappa shape index (κ1) is 13.1. The van der Waals surface area contributed by atoms with Gasteiger partial charge in [-0.3, -0.25) is 0 Å². The van der Waals surface area contributed by atoms with E-state index in [1.807, 2.05) is 0 Å². The Hall–Kier alpha value is -0.380. The molecule has 1 heterocycles. The molecule has 3 heteroatoms. The Morgan fingerprint density at radius 1 is 1.53 bits per heavy atom. The van der Waals surface area contributed by atoms with Crippen molar-refractivity contribution in [2.45, 2.75) is 25.2 Å². The van der Waals surface area contributed by atoms with E-state index in [2.05, 4.69) is 53.0 Å². The highest BCUT2D eigenvalue weighted by Gasteiger charge is 2.23. The number of rotatable bonds is 3. The number of likely N-dealkylation sites (tertiary alicyclic amines) is 1. The van der Waals surface area contributed by atoms with Gasteiger partial charge in [0.15, 0.2) is 0 Å². The Balaban J connectivity index is 2.20. The molecule has 0 radical (unpaired) electrons. The summed E-state index contributed by atoms with van der Waals surface area (Å²) in [6.45, 7) is 5.26. The monoisotopic (exact) mass is 296 g/mol. The zero-order valence-electron chi connectivity index (χ0n) is 10.6. The van der Waals surface area contributed by atoms with Gasteiger partial charge in [0.05, 0.1) is 0 Å². The first-order chi connectivity index (χ1) is 8.11. The summed E-state index contributed by atoms with van der Waals surface area (Å²) in [6.07, 6.45) is 1.26. The van der Waals surface area contributed by atoms with Crippen molar-refractivity contribution < 1.29 is 0 Å². The molecule has 1 aliphatic heterocycles. The molecule has 0 spiro atoms. The van der Waals surface area contributed by atoms with Crippen molar-refractivity contribution in [2.24, 2.45) is 5.73 Å². The maximum atomic E-state index is 5.71. The Morgan fingerprint density at radius 3 is 2.82 bits per heavy atom. The van der Waals surface area contributed by atoms with Crippen LogP contribution in [0, 0.1) is 0 Å². The molecule has 2 nitrogen and oxygen atoms in total. The molecule has 17 heavy (non-hydrogen) atoms. The van der Waals surface area contributed by atoms with Crippen LogP contribution in [0.3, 0.4) is 0 Å². The van der Waals surface area contributed by atoms with Gasteiger partial charge in [-0.25, -0.2) is 0 Å². The molecule has 0 saturated carbocycles. The zero-order valence-corrected chi connectivity index (χ0v) is 12.2. The lowest BCUT2D eigenvalue weighted by Crippen LogP contribution is -2.13. The van der Waals surface area contributed by atoms with E-state index < -0.39 is 0 Å². The maximum Gasteiger partial charge on any atom is 0.0213 e. The fourth-order valence-electron chi connectivity index (χ4n) is 2.51. The minimum absolute atomic E-state index is 0.437. The van der Waals surface area contributed by atoms with Crippen molar-refractivity contribution in [3.63, 3.8) is 0 Å². The molecular weight excluding hydrogens is 276 g/mol. The lowest BCUT2D eigenvalue weighted by atomic mass is 9.94. The van der Waals surface area contributed by atoms with Gasteiger partial charge in [-0.05, 0) is 55.6 Å². The van der Waals surface area contributed by atoms with Gasteiger partial charge in [-0.2, -0.15) is 0 Å². The van der Waals surface area contributed by atoms with Crippen LogP contribution in [-0.2, 0) is 0 Å². The van der Waals surface area contributed by atoms with Crippen LogP contribution in [0.2, 0.25) is 0 Å². The number of halogens is 1. The summed E-state index contributed by atoms with van der Waals surface area (Å²) in [5, 5.41) is 0. The lowest BCUT2D eigenvalue weighted by Gasteiger charge is -2.16. The van der Waals surface area contributed by atoms with Crippen LogP contribution in [0.15, 0.2) is 22.7 Å². The minimum atomic E-state index is 0.437. The molecule has 1 aromatic rings. The summed E-state index contributed by atoms with van der Waals surface area (Å²) < 4.78 is 1.25. The molecule has 1 aliphatic rings. The maximum absolute atomic E-state index is 5.71. The second kappa shape index (κ2) is 5.51. The third-order valence-electron chi connectivity index (χ3n) is 3.78.